The number of nitrogens with zero attached hydrogens (tertiary/aromatic N) is 2. The van der Waals surface area contributed by atoms with E-state index in [1.807, 2.05) is 73.3 Å². The molecule has 0 fully saturated rings. The number of nitrogens with one attached hydrogen (secondary N) is 1. The van der Waals surface area contributed by atoms with Gasteiger partial charge in [-0.15, -0.1) is 0 Å². The predicted molar refractivity (Wildman–Crippen MR) is 114 cm³/mol. The molecule has 28 heavy (non-hydrogen) atoms. The fourth-order valence-electron chi connectivity index (χ4n) is 3.04. The lowest BCUT2D eigenvalue weighted by Gasteiger charge is -2.26. The Morgan fingerprint density at radius 3 is 2.14 bits per heavy atom. The number of pyridine rings is 1. The molecular weight excluding hydrogens is 346 g/mol. The summed E-state index contributed by atoms with van der Waals surface area (Å²) >= 11 is 0. The molecule has 3 aromatic rings. The lowest BCUT2D eigenvalue weighted by Crippen LogP contribution is -2.36. The van der Waals surface area contributed by atoms with Gasteiger partial charge in [-0.3, -0.25) is 4.79 Å². The summed E-state index contributed by atoms with van der Waals surface area (Å²) in [6, 6.07) is 24.2. The fraction of sp³-hybridized carbons (Fsp3) is 0.250. The molecule has 0 atom stereocenters. The van der Waals surface area contributed by atoms with Crippen LogP contribution in [0.25, 0.3) is 0 Å². The molecule has 0 saturated heterocycles. The zero-order valence-corrected chi connectivity index (χ0v) is 16.5. The normalized spacial score (nSPS) is 10.7. The fourth-order valence-corrected chi connectivity index (χ4v) is 3.04. The second-order valence-electron chi connectivity index (χ2n) is 7.11. The van der Waals surface area contributed by atoms with Crippen molar-refractivity contribution in [1.29, 1.82) is 0 Å². The maximum absolute atomic E-state index is 12.9. The molecule has 4 nitrogen and oxygen atoms in total. The minimum atomic E-state index is -0.0466. The summed E-state index contributed by atoms with van der Waals surface area (Å²) in [6.45, 7) is 5.46. The molecule has 0 radical (unpaired) electrons. The van der Waals surface area contributed by atoms with E-state index >= 15 is 0 Å². The molecule has 1 heterocycles. The van der Waals surface area contributed by atoms with E-state index in [0.29, 0.717) is 12.2 Å². The number of hydrogen-bond acceptors (Lipinski definition) is 3. The van der Waals surface area contributed by atoms with Crippen LogP contribution >= 0.6 is 0 Å². The van der Waals surface area contributed by atoms with Gasteiger partial charge >= 0.3 is 0 Å². The van der Waals surface area contributed by atoms with E-state index in [1.165, 1.54) is 5.56 Å². The third-order valence-corrected chi connectivity index (χ3v) is 4.65. The highest BCUT2D eigenvalue weighted by Gasteiger charge is 2.20. The van der Waals surface area contributed by atoms with Crippen LogP contribution in [0.2, 0.25) is 0 Å². The van der Waals surface area contributed by atoms with Crippen molar-refractivity contribution >= 4 is 11.6 Å². The van der Waals surface area contributed by atoms with Crippen LogP contribution in [0.3, 0.4) is 0 Å². The van der Waals surface area contributed by atoms with E-state index in [4.69, 9.17) is 0 Å². The average molecular weight is 374 g/mol. The van der Waals surface area contributed by atoms with Crippen LogP contribution < -0.4 is 5.32 Å². The summed E-state index contributed by atoms with van der Waals surface area (Å²) in [7, 11) is 0. The Morgan fingerprint density at radius 1 is 0.929 bits per heavy atom. The summed E-state index contributed by atoms with van der Waals surface area (Å²) in [5.74, 6) is -0.0466. The smallest absolute Gasteiger partial charge is 0.272 e. The molecule has 1 N–H and O–H groups in total. The van der Waals surface area contributed by atoms with Crippen LogP contribution in [0, 0.1) is 0 Å². The first kappa shape index (κ1) is 19.6. The van der Waals surface area contributed by atoms with Gasteiger partial charge in [0.2, 0.25) is 0 Å². The van der Waals surface area contributed by atoms with Crippen LogP contribution in [-0.2, 0) is 13.0 Å². The van der Waals surface area contributed by atoms with E-state index < -0.39 is 0 Å². The van der Waals surface area contributed by atoms with Crippen LogP contribution in [0.1, 0.15) is 35.5 Å². The first-order valence-corrected chi connectivity index (χ1v) is 9.72. The van der Waals surface area contributed by atoms with Gasteiger partial charge in [0.25, 0.3) is 5.91 Å². The Hall–Kier alpha value is -3.14. The van der Waals surface area contributed by atoms with Gasteiger partial charge in [-0.1, -0.05) is 60.7 Å². The largest absolute Gasteiger partial charge is 0.383 e. The lowest BCUT2D eigenvalue weighted by molar-refractivity contribution is 0.0684. The van der Waals surface area contributed by atoms with Crippen molar-refractivity contribution in [1.82, 2.24) is 9.88 Å². The quantitative estimate of drug-likeness (QED) is 0.618. The second kappa shape index (κ2) is 9.70. The average Bonchev–Trinajstić information content (AvgIpc) is 2.73. The molecule has 0 aliphatic carbocycles. The maximum Gasteiger partial charge on any atom is 0.272 e. The third kappa shape index (κ3) is 5.43. The predicted octanol–water partition coefficient (Wildman–Crippen LogP) is 4.79. The van der Waals surface area contributed by atoms with Crippen molar-refractivity contribution in [2.24, 2.45) is 0 Å². The molecule has 2 aromatic carbocycles. The summed E-state index contributed by atoms with van der Waals surface area (Å²) < 4.78 is 0. The van der Waals surface area contributed by atoms with Gasteiger partial charge in [0.15, 0.2) is 0 Å². The first-order valence-electron chi connectivity index (χ1n) is 9.72. The van der Waals surface area contributed by atoms with Crippen molar-refractivity contribution in [2.45, 2.75) is 32.9 Å². The topological polar surface area (TPSA) is 45.2 Å². The van der Waals surface area contributed by atoms with Crippen molar-refractivity contribution in [3.8, 4) is 0 Å². The van der Waals surface area contributed by atoms with Crippen molar-refractivity contribution in [2.75, 3.05) is 11.9 Å². The van der Waals surface area contributed by atoms with Crippen LogP contribution in [0.4, 0.5) is 5.69 Å². The summed E-state index contributed by atoms with van der Waals surface area (Å²) in [5, 5.41) is 3.36. The van der Waals surface area contributed by atoms with Crippen LogP contribution in [-0.4, -0.2) is 28.4 Å². The molecule has 1 amide bonds. The molecule has 3 rings (SSSR count). The number of rotatable bonds is 8. The molecule has 144 valence electrons. The van der Waals surface area contributed by atoms with Gasteiger partial charge < -0.3 is 10.2 Å². The van der Waals surface area contributed by atoms with E-state index in [9.17, 15) is 4.79 Å². The summed E-state index contributed by atoms with van der Waals surface area (Å²) in [6.07, 6.45) is 2.68. The highest BCUT2D eigenvalue weighted by molar-refractivity contribution is 5.92. The standard InChI is InChI=1S/C24H27N3O/c1-19(2)27(18-21-11-7-4-8-12-21)24(28)23-14-13-22(17-26-23)25-16-15-20-9-5-3-6-10-20/h3-14,17,19,25H,15-16,18H2,1-2H3. The Bertz CT molecular complexity index is 861. The second-order valence-corrected chi connectivity index (χ2v) is 7.11. The van der Waals surface area contributed by atoms with Gasteiger partial charge in [-0.05, 0) is 43.5 Å². The Labute approximate surface area is 167 Å². The summed E-state index contributed by atoms with van der Waals surface area (Å²) in [4.78, 5) is 19.2. The zero-order valence-electron chi connectivity index (χ0n) is 16.5. The number of carbonyl (C=O) groups is 1. The highest BCUT2D eigenvalue weighted by Crippen LogP contribution is 2.14. The molecule has 0 spiro atoms. The number of carbonyl (C=O) groups excluding carboxylic acids is 1. The molecule has 0 aliphatic rings. The van der Waals surface area contributed by atoms with E-state index in [1.54, 1.807) is 12.3 Å². The summed E-state index contributed by atoms with van der Waals surface area (Å²) in [5.41, 5.74) is 3.80. The van der Waals surface area contributed by atoms with Crippen molar-refractivity contribution < 1.29 is 4.79 Å². The van der Waals surface area contributed by atoms with Gasteiger partial charge in [0, 0.05) is 19.1 Å². The Balaban J connectivity index is 1.60. The molecule has 0 aliphatic heterocycles. The molecule has 0 saturated carbocycles. The maximum atomic E-state index is 12.9. The molecule has 4 heteroatoms. The lowest BCUT2D eigenvalue weighted by atomic mass is 10.1. The number of hydrogen-bond donors (Lipinski definition) is 1. The van der Waals surface area contributed by atoms with Gasteiger partial charge in [0.05, 0.1) is 11.9 Å². The highest BCUT2D eigenvalue weighted by atomic mass is 16.2. The van der Waals surface area contributed by atoms with Crippen molar-refractivity contribution in [3.05, 3.63) is 95.8 Å². The Morgan fingerprint density at radius 2 is 1.57 bits per heavy atom. The van der Waals surface area contributed by atoms with Crippen LogP contribution in [0.15, 0.2) is 79.0 Å². The van der Waals surface area contributed by atoms with Gasteiger partial charge in [0.1, 0.15) is 5.69 Å². The minimum absolute atomic E-state index is 0.0466. The molecule has 0 bridgehead atoms. The van der Waals surface area contributed by atoms with Gasteiger partial charge in [-0.2, -0.15) is 0 Å². The number of anilines is 1. The first-order chi connectivity index (χ1) is 13.6. The number of aromatic nitrogens is 1. The van der Waals surface area contributed by atoms with E-state index in [-0.39, 0.29) is 11.9 Å². The molecular formula is C24H27N3O. The van der Waals surface area contributed by atoms with Crippen LogP contribution in [0.5, 0.6) is 0 Å². The Kier molecular flexibility index (Phi) is 6.79. The number of amides is 1. The van der Waals surface area contributed by atoms with E-state index in [0.717, 1.165) is 24.2 Å². The number of benzene rings is 2. The minimum Gasteiger partial charge on any atom is -0.383 e. The molecule has 1 aromatic heterocycles. The van der Waals surface area contributed by atoms with Gasteiger partial charge in [-0.25, -0.2) is 4.98 Å². The SMILES string of the molecule is CC(C)N(Cc1ccccc1)C(=O)c1ccc(NCCc2ccccc2)cn1. The monoisotopic (exact) mass is 373 g/mol. The zero-order chi connectivity index (χ0) is 19.8. The molecule has 0 unspecified atom stereocenters. The van der Waals surface area contributed by atoms with E-state index in [2.05, 4.69) is 22.4 Å². The van der Waals surface area contributed by atoms with Crippen molar-refractivity contribution in [3.63, 3.8) is 0 Å². The third-order valence-electron chi connectivity index (χ3n) is 4.65.